The van der Waals surface area contributed by atoms with Crippen LogP contribution in [-0.2, 0) is 0 Å². The Kier molecular flexibility index (Phi) is 2.75. The maximum Gasteiger partial charge on any atom is 0.196 e. The van der Waals surface area contributed by atoms with Gasteiger partial charge >= 0.3 is 0 Å². The molecule has 2 aromatic heterocycles. The second-order valence-corrected chi connectivity index (χ2v) is 4.79. The third kappa shape index (κ3) is 2.08. The molecule has 3 nitrogen and oxygen atoms in total. The topological polar surface area (TPSA) is 29.3 Å². The van der Waals surface area contributed by atoms with Crippen LogP contribution in [0.1, 0.15) is 10.4 Å². The molecule has 3 rings (SSSR count). The first-order chi connectivity index (χ1) is 8.85. The molecule has 0 saturated heterocycles. The summed E-state index contributed by atoms with van der Waals surface area (Å²) in [5.74, 6) is 7.18. The number of hydrogen-bond donors (Lipinski definition) is 1. The van der Waals surface area contributed by atoms with Gasteiger partial charge in [-0.1, -0.05) is 35.5 Å². The molecule has 0 unspecified atom stereocenters. The molecule has 18 heavy (non-hydrogen) atoms. The monoisotopic (exact) mass is 253 g/mol. The van der Waals surface area contributed by atoms with Gasteiger partial charge in [0.25, 0.3) is 0 Å². The van der Waals surface area contributed by atoms with Crippen LogP contribution in [-0.4, -0.2) is 16.4 Å². The average Bonchev–Trinajstić information content (AvgIpc) is 2.95. The second kappa shape index (κ2) is 4.55. The molecule has 0 bridgehead atoms. The van der Waals surface area contributed by atoms with E-state index >= 15 is 0 Å². The van der Waals surface area contributed by atoms with Crippen LogP contribution in [0.5, 0.6) is 0 Å². The van der Waals surface area contributed by atoms with Crippen molar-refractivity contribution < 1.29 is 0 Å². The van der Waals surface area contributed by atoms with Crippen LogP contribution in [0.15, 0.2) is 42.7 Å². The first kappa shape index (κ1) is 10.9. The smallest absolute Gasteiger partial charge is 0.196 e. The number of anilines is 1. The van der Waals surface area contributed by atoms with Gasteiger partial charge in [-0.25, -0.2) is 4.98 Å². The summed E-state index contributed by atoms with van der Waals surface area (Å²) in [5, 5.41) is 3.02. The van der Waals surface area contributed by atoms with E-state index in [0.29, 0.717) is 0 Å². The van der Waals surface area contributed by atoms with Crippen molar-refractivity contribution in [2.24, 2.45) is 0 Å². The second-order valence-electron chi connectivity index (χ2n) is 3.78. The summed E-state index contributed by atoms with van der Waals surface area (Å²) in [6.45, 7) is 0. The van der Waals surface area contributed by atoms with Gasteiger partial charge in [-0.15, -0.1) is 0 Å². The Hall–Kier alpha value is -2.25. The predicted molar refractivity (Wildman–Crippen MR) is 75.0 cm³/mol. The minimum absolute atomic E-state index is 0.879. The van der Waals surface area contributed by atoms with Crippen molar-refractivity contribution in [3.63, 3.8) is 0 Å². The molecule has 4 heteroatoms. The highest BCUT2D eigenvalue weighted by Crippen LogP contribution is 2.18. The number of nitrogens with zero attached hydrogens (tertiary/aromatic N) is 2. The largest absolute Gasteiger partial charge is 0.372 e. The number of benzene rings is 1. The first-order valence-electron chi connectivity index (χ1n) is 5.58. The highest BCUT2D eigenvalue weighted by molar-refractivity contribution is 7.17. The van der Waals surface area contributed by atoms with Gasteiger partial charge in [-0.3, -0.25) is 4.40 Å². The Morgan fingerprint density at radius 3 is 2.72 bits per heavy atom. The quantitative estimate of drug-likeness (QED) is 0.676. The fourth-order valence-corrected chi connectivity index (χ4v) is 2.45. The number of fused-ring (bicyclic) bond motifs is 1. The molecular formula is C14H11N3S. The van der Waals surface area contributed by atoms with E-state index in [1.807, 2.05) is 54.2 Å². The molecule has 0 aliphatic heterocycles. The highest BCUT2D eigenvalue weighted by atomic mass is 32.1. The first-order valence-corrected chi connectivity index (χ1v) is 6.40. The maximum absolute atomic E-state index is 4.41. The lowest BCUT2D eigenvalue weighted by Gasteiger charge is -1.87. The number of imidazole rings is 1. The molecule has 0 atom stereocenters. The zero-order valence-electron chi connectivity index (χ0n) is 9.84. The van der Waals surface area contributed by atoms with Crippen LogP contribution in [0.2, 0.25) is 0 Å². The average molecular weight is 253 g/mol. The van der Waals surface area contributed by atoms with Crippen LogP contribution in [0.3, 0.4) is 0 Å². The lowest BCUT2D eigenvalue weighted by atomic mass is 10.2. The van der Waals surface area contributed by atoms with Crippen molar-refractivity contribution in [2.45, 2.75) is 0 Å². The number of nitrogens with one attached hydrogen (secondary N) is 1. The highest BCUT2D eigenvalue weighted by Gasteiger charge is 2.03. The third-order valence-corrected chi connectivity index (χ3v) is 3.43. The van der Waals surface area contributed by atoms with E-state index in [0.717, 1.165) is 21.2 Å². The van der Waals surface area contributed by atoms with Gasteiger partial charge in [0.05, 0.1) is 11.1 Å². The Bertz CT molecular complexity index is 697. The van der Waals surface area contributed by atoms with Gasteiger partial charge in [-0.05, 0) is 18.1 Å². The molecule has 0 fully saturated rings. The summed E-state index contributed by atoms with van der Waals surface area (Å²) in [6.07, 6.45) is 3.96. The Morgan fingerprint density at radius 2 is 2.00 bits per heavy atom. The molecule has 1 aromatic carbocycles. The van der Waals surface area contributed by atoms with Crippen molar-refractivity contribution in [1.29, 1.82) is 0 Å². The summed E-state index contributed by atoms with van der Waals surface area (Å²) in [4.78, 5) is 6.38. The van der Waals surface area contributed by atoms with E-state index in [9.17, 15) is 0 Å². The molecule has 0 amide bonds. The van der Waals surface area contributed by atoms with Crippen LogP contribution < -0.4 is 5.32 Å². The summed E-state index contributed by atoms with van der Waals surface area (Å²) in [7, 11) is 1.86. The predicted octanol–water partition coefficient (Wildman–Crippen LogP) is 2.84. The number of aromatic nitrogens is 2. The third-order valence-electron chi connectivity index (χ3n) is 2.52. The molecule has 0 saturated carbocycles. The maximum atomic E-state index is 4.41. The zero-order chi connectivity index (χ0) is 12.4. The van der Waals surface area contributed by atoms with E-state index in [1.54, 1.807) is 11.3 Å². The van der Waals surface area contributed by atoms with Crippen LogP contribution >= 0.6 is 11.3 Å². The Labute approximate surface area is 109 Å². The minimum atomic E-state index is 0.879. The number of hydrogen-bond acceptors (Lipinski definition) is 3. The molecule has 88 valence electrons. The fourth-order valence-electron chi connectivity index (χ4n) is 1.63. The minimum Gasteiger partial charge on any atom is -0.372 e. The van der Waals surface area contributed by atoms with Crippen molar-refractivity contribution in [2.75, 3.05) is 12.4 Å². The molecule has 2 heterocycles. The molecule has 0 spiro atoms. The molecule has 0 radical (unpaired) electrons. The summed E-state index contributed by atoms with van der Waals surface area (Å²) >= 11 is 1.59. The van der Waals surface area contributed by atoms with Crippen molar-refractivity contribution in [3.8, 4) is 11.8 Å². The van der Waals surface area contributed by atoms with E-state index in [1.165, 1.54) is 0 Å². The Morgan fingerprint density at radius 1 is 1.17 bits per heavy atom. The van der Waals surface area contributed by atoms with Crippen molar-refractivity contribution >= 4 is 22.1 Å². The van der Waals surface area contributed by atoms with Gasteiger partial charge in [0.15, 0.2) is 4.96 Å². The molecule has 0 aliphatic rings. The van der Waals surface area contributed by atoms with Gasteiger partial charge in [0.2, 0.25) is 0 Å². The normalized spacial score (nSPS) is 10.1. The van der Waals surface area contributed by atoms with Gasteiger partial charge < -0.3 is 5.32 Å². The summed E-state index contributed by atoms with van der Waals surface area (Å²) in [6, 6.07) is 9.98. The molecular weight excluding hydrogens is 242 g/mol. The van der Waals surface area contributed by atoms with E-state index in [4.69, 9.17) is 0 Å². The number of rotatable bonds is 1. The van der Waals surface area contributed by atoms with Gasteiger partial charge in [0.1, 0.15) is 5.82 Å². The Balaban J connectivity index is 1.92. The van der Waals surface area contributed by atoms with E-state index in [2.05, 4.69) is 22.1 Å². The lowest BCUT2D eigenvalue weighted by molar-refractivity contribution is 1.23. The van der Waals surface area contributed by atoms with Crippen LogP contribution in [0.25, 0.3) is 4.96 Å². The van der Waals surface area contributed by atoms with Crippen molar-refractivity contribution in [1.82, 2.24) is 9.38 Å². The molecule has 0 aliphatic carbocycles. The molecule has 1 N–H and O–H groups in total. The summed E-state index contributed by atoms with van der Waals surface area (Å²) < 4.78 is 1.99. The molecule has 3 aromatic rings. The summed E-state index contributed by atoms with van der Waals surface area (Å²) in [5.41, 5.74) is 1.03. The van der Waals surface area contributed by atoms with E-state index in [-0.39, 0.29) is 0 Å². The standard InChI is InChI=1S/C14H11N3S/c1-15-13-10-17-9-12(18-14(17)16-13)8-7-11-5-3-2-4-6-11/h2-6,9-10,15H,1H3. The number of thiazole rings is 1. The van der Waals surface area contributed by atoms with Gasteiger partial charge in [-0.2, -0.15) is 0 Å². The van der Waals surface area contributed by atoms with Gasteiger partial charge in [0, 0.05) is 18.8 Å². The fraction of sp³-hybridized carbons (Fsp3) is 0.0714. The van der Waals surface area contributed by atoms with E-state index < -0.39 is 0 Å². The van der Waals surface area contributed by atoms with Crippen molar-refractivity contribution in [3.05, 3.63) is 53.2 Å². The SMILES string of the molecule is CNc1cn2cc(C#Cc3ccccc3)sc2n1. The van der Waals surface area contributed by atoms with Crippen LogP contribution in [0, 0.1) is 11.8 Å². The zero-order valence-corrected chi connectivity index (χ0v) is 10.7. The van der Waals surface area contributed by atoms with Crippen LogP contribution in [0.4, 0.5) is 5.82 Å². The lowest BCUT2D eigenvalue weighted by Crippen LogP contribution is -1.85.